The van der Waals surface area contributed by atoms with Crippen LogP contribution in [0.4, 0.5) is 0 Å². The summed E-state index contributed by atoms with van der Waals surface area (Å²) in [6.07, 6.45) is 4.25. The van der Waals surface area contributed by atoms with Crippen LogP contribution < -0.4 is 5.69 Å². The minimum absolute atomic E-state index is 0.00578. The summed E-state index contributed by atoms with van der Waals surface area (Å²) in [7, 11) is 0. The van der Waals surface area contributed by atoms with Gasteiger partial charge in [-0.05, 0) is 27.2 Å². The molecule has 0 unspecified atom stereocenters. The number of nitrogens with zero attached hydrogens (tertiary/aromatic N) is 3. The second-order valence-electron chi connectivity index (χ2n) is 4.31. The molecule has 0 aliphatic heterocycles. The van der Waals surface area contributed by atoms with Gasteiger partial charge in [-0.3, -0.25) is 9.13 Å². The van der Waals surface area contributed by atoms with E-state index < -0.39 is 0 Å². The van der Waals surface area contributed by atoms with Crippen LogP contribution >= 0.6 is 0 Å². The molecule has 0 atom stereocenters. The first-order valence-electron chi connectivity index (χ1n) is 5.17. The third kappa shape index (κ3) is 2.72. The standard InChI is InChI=1S/C11H17N3O/c1-4-13-7-8-14(10(13)15)6-5-11(2,3)9-12/h7-8H,4-6H2,1-3H3. The maximum absolute atomic E-state index is 11.6. The minimum atomic E-state index is -0.367. The van der Waals surface area contributed by atoms with E-state index in [1.54, 1.807) is 21.5 Å². The SMILES string of the molecule is CCn1ccn(CCC(C)(C)C#N)c1=O. The van der Waals surface area contributed by atoms with E-state index in [2.05, 4.69) is 6.07 Å². The lowest BCUT2D eigenvalue weighted by Crippen LogP contribution is -2.25. The van der Waals surface area contributed by atoms with Gasteiger partial charge in [0, 0.05) is 25.5 Å². The van der Waals surface area contributed by atoms with Crippen molar-refractivity contribution in [1.82, 2.24) is 9.13 Å². The Kier molecular flexibility index (Phi) is 3.35. The molecule has 0 aliphatic carbocycles. The van der Waals surface area contributed by atoms with Crippen LogP contribution in [0.15, 0.2) is 17.2 Å². The molecule has 15 heavy (non-hydrogen) atoms. The summed E-state index contributed by atoms with van der Waals surface area (Å²) in [6, 6.07) is 2.23. The van der Waals surface area contributed by atoms with Gasteiger partial charge in [0.05, 0.1) is 11.5 Å². The van der Waals surface area contributed by atoms with Crippen molar-refractivity contribution in [2.24, 2.45) is 5.41 Å². The summed E-state index contributed by atoms with van der Waals surface area (Å²) >= 11 is 0. The molecule has 0 aliphatic rings. The monoisotopic (exact) mass is 207 g/mol. The van der Waals surface area contributed by atoms with E-state index in [9.17, 15) is 4.79 Å². The molecule has 1 heterocycles. The van der Waals surface area contributed by atoms with Crippen LogP contribution in [0.3, 0.4) is 0 Å². The highest BCUT2D eigenvalue weighted by Crippen LogP contribution is 2.18. The summed E-state index contributed by atoms with van der Waals surface area (Å²) in [6.45, 7) is 6.99. The van der Waals surface area contributed by atoms with Gasteiger partial charge in [-0.25, -0.2) is 4.79 Å². The number of hydrogen-bond acceptors (Lipinski definition) is 2. The van der Waals surface area contributed by atoms with Crippen LogP contribution in [-0.4, -0.2) is 9.13 Å². The molecule has 82 valence electrons. The molecule has 1 aromatic rings. The average Bonchev–Trinajstić information content (AvgIpc) is 2.57. The highest BCUT2D eigenvalue weighted by molar-refractivity contribution is 4.92. The Morgan fingerprint density at radius 3 is 2.47 bits per heavy atom. The molecule has 4 heteroatoms. The van der Waals surface area contributed by atoms with Gasteiger partial charge < -0.3 is 0 Å². The van der Waals surface area contributed by atoms with Crippen molar-refractivity contribution in [3.8, 4) is 6.07 Å². The normalized spacial score (nSPS) is 11.3. The Bertz CT molecular complexity index is 420. The zero-order chi connectivity index (χ0) is 11.5. The molecule has 4 nitrogen and oxygen atoms in total. The second-order valence-corrected chi connectivity index (χ2v) is 4.31. The molecule has 0 aromatic carbocycles. The topological polar surface area (TPSA) is 50.7 Å². The van der Waals surface area contributed by atoms with Crippen LogP contribution in [0.2, 0.25) is 0 Å². The van der Waals surface area contributed by atoms with Gasteiger partial charge >= 0.3 is 5.69 Å². The molecule has 0 saturated heterocycles. The Labute approximate surface area is 89.8 Å². The van der Waals surface area contributed by atoms with Crippen molar-refractivity contribution in [3.05, 3.63) is 22.9 Å². The number of imidazole rings is 1. The van der Waals surface area contributed by atoms with Crippen molar-refractivity contribution >= 4 is 0 Å². The predicted octanol–water partition coefficient (Wildman–Crippen LogP) is 1.61. The lowest BCUT2D eigenvalue weighted by atomic mass is 9.91. The van der Waals surface area contributed by atoms with Crippen molar-refractivity contribution in [3.63, 3.8) is 0 Å². The third-order valence-electron chi connectivity index (χ3n) is 2.54. The predicted molar refractivity (Wildman–Crippen MR) is 58.4 cm³/mol. The molecule has 0 radical (unpaired) electrons. The largest absolute Gasteiger partial charge is 0.328 e. The number of nitriles is 1. The molecule has 0 saturated carbocycles. The van der Waals surface area contributed by atoms with Gasteiger partial charge in [-0.15, -0.1) is 0 Å². The maximum Gasteiger partial charge on any atom is 0.328 e. The Balaban J connectivity index is 2.72. The zero-order valence-corrected chi connectivity index (χ0v) is 9.53. The van der Waals surface area contributed by atoms with Gasteiger partial charge in [0.1, 0.15) is 0 Å². The molecular formula is C11H17N3O. The Morgan fingerprint density at radius 2 is 2.00 bits per heavy atom. The molecule has 1 rings (SSSR count). The summed E-state index contributed by atoms with van der Waals surface area (Å²) in [5.74, 6) is 0. The molecule has 0 amide bonds. The summed E-state index contributed by atoms with van der Waals surface area (Å²) in [5.41, 5.74) is -0.362. The quantitative estimate of drug-likeness (QED) is 0.753. The second kappa shape index (κ2) is 4.35. The maximum atomic E-state index is 11.6. The minimum Gasteiger partial charge on any atom is -0.300 e. The highest BCUT2D eigenvalue weighted by atomic mass is 16.1. The lowest BCUT2D eigenvalue weighted by Gasteiger charge is -2.14. The van der Waals surface area contributed by atoms with Crippen molar-refractivity contribution in [1.29, 1.82) is 5.26 Å². The van der Waals surface area contributed by atoms with E-state index in [0.717, 1.165) is 0 Å². The summed E-state index contributed by atoms with van der Waals surface area (Å²) < 4.78 is 3.31. The molecular weight excluding hydrogens is 190 g/mol. The number of aryl methyl sites for hydroxylation is 2. The fraction of sp³-hybridized carbons (Fsp3) is 0.636. The van der Waals surface area contributed by atoms with Crippen LogP contribution in [0.25, 0.3) is 0 Å². The Morgan fingerprint density at radius 1 is 1.40 bits per heavy atom. The van der Waals surface area contributed by atoms with Crippen LogP contribution in [0, 0.1) is 16.7 Å². The average molecular weight is 207 g/mol. The van der Waals surface area contributed by atoms with E-state index in [1.807, 2.05) is 20.8 Å². The van der Waals surface area contributed by atoms with E-state index in [1.165, 1.54) is 0 Å². The summed E-state index contributed by atoms with van der Waals surface area (Å²) in [4.78, 5) is 11.6. The first-order valence-corrected chi connectivity index (χ1v) is 5.17. The van der Waals surface area contributed by atoms with Gasteiger partial charge in [-0.1, -0.05) is 0 Å². The van der Waals surface area contributed by atoms with Gasteiger partial charge in [0.2, 0.25) is 0 Å². The van der Waals surface area contributed by atoms with Crippen molar-refractivity contribution < 1.29 is 0 Å². The van der Waals surface area contributed by atoms with Gasteiger partial charge in [0.25, 0.3) is 0 Å². The number of rotatable bonds is 4. The number of hydrogen-bond donors (Lipinski definition) is 0. The third-order valence-corrected chi connectivity index (χ3v) is 2.54. The van der Waals surface area contributed by atoms with E-state index in [-0.39, 0.29) is 11.1 Å². The Hall–Kier alpha value is -1.50. The molecule has 0 spiro atoms. The first-order chi connectivity index (χ1) is 7.00. The van der Waals surface area contributed by atoms with Crippen molar-refractivity contribution in [2.75, 3.05) is 0 Å². The number of aromatic nitrogens is 2. The van der Waals surface area contributed by atoms with Crippen LogP contribution in [0.1, 0.15) is 27.2 Å². The van der Waals surface area contributed by atoms with E-state index in [4.69, 9.17) is 5.26 Å². The first kappa shape index (κ1) is 11.6. The summed E-state index contributed by atoms with van der Waals surface area (Å²) in [5, 5.41) is 8.85. The smallest absolute Gasteiger partial charge is 0.300 e. The van der Waals surface area contributed by atoms with Gasteiger partial charge in [-0.2, -0.15) is 5.26 Å². The fourth-order valence-corrected chi connectivity index (χ4v) is 1.32. The molecule has 0 fully saturated rings. The van der Waals surface area contributed by atoms with Crippen LogP contribution in [0.5, 0.6) is 0 Å². The van der Waals surface area contributed by atoms with Gasteiger partial charge in [0.15, 0.2) is 0 Å². The lowest BCUT2D eigenvalue weighted by molar-refractivity contribution is 0.407. The molecule has 0 N–H and O–H groups in total. The highest BCUT2D eigenvalue weighted by Gasteiger charge is 2.16. The van der Waals surface area contributed by atoms with E-state index in [0.29, 0.717) is 19.5 Å². The molecule has 0 bridgehead atoms. The van der Waals surface area contributed by atoms with Crippen LogP contribution in [-0.2, 0) is 13.1 Å². The fourth-order valence-electron chi connectivity index (χ4n) is 1.32. The van der Waals surface area contributed by atoms with E-state index >= 15 is 0 Å². The zero-order valence-electron chi connectivity index (χ0n) is 9.53. The van der Waals surface area contributed by atoms with Crippen molar-refractivity contribution in [2.45, 2.75) is 40.3 Å². The molecule has 1 aromatic heterocycles.